The van der Waals surface area contributed by atoms with E-state index in [1.165, 1.54) is 18.2 Å². The van der Waals surface area contributed by atoms with Crippen LogP contribution in [0.25, 0.3) is 5.69 Å². The van der Waals surface area contributed by atoms with Crippen molar-refractivity contribution in [1.29, 1.82) is 0 Å². The van der Waals surface area contributed by atoms with Crippen molar-refractivity contribution in [1.82, 2.24) is 20.1 Å². The molecule has 1 aromatic heterocycles. The molecule has 0 bridgehead atoms. The predicted molar refractivity (Wildman–Crippen MR) is 146 cm³/mol. The molecule has 0 spiro atoms. The number of aromatic nitrogens is 3. The Labute approximate surface area is 240 Å². The summed E-state index contributed by atoms with van der Waals surface area (Å²) in [7, 11) is 0. The van der Waals surface area contributed by atoms with E-state index in [2.05, 4.69) is 20.8 Å². The van der Waals surface area contributed by atoms with Crippen LogP contribution in [0.1, 0.15) is 11.4 Å². The number of amides is 2. The highest BCUT2D eigenvalue weighted by Crippen LogP contribution is 2.34. The van der Waals surface area contributed by atoms with Crippen LogP contribution in [0.3, 0.4) is 0 Å². The summed E-state index contributed by atoms with van der Waals surface area (Å²) >= 11 is 13.0. The molecule has 2 N–H and O–H groups in total. The lowest BCUT2D eigenvalue weighted by molar-refractivity contribution is -0.137. The van der Waals surface area contributed by atoms with E-state index < -0.39 is 23.6 Å². The Morgan fingerprint density at radius 1 is 0.925 bits per heavy atom. The molecule has 40 heavy (non-hydrogen) atoms. The Hall–Kier alpha value is -3.74. The van der Waals surface area contributed by atoms with Crippen LogP contribution in [0.15, 0.2) is 78.0 Å². The maximum absolute atomic E-state index is 13.3. The highest BCUT2D eigenvalue weighted by Gasteiger charge is 2.33. The number of rotatable bonds is 10. The van der Waals surface area contributed by atoms with Crippen LogP contribution < -0.4 is 15.4 Å². The third-order valence-electron chi connectivity index (χ3n) is 5.23. The summed E-state index contributed by atoms with van der Waals surface area (Å²) in [5.41, 5.74) is -0.737. The molecule has 0 fully saturated rings. The van der Waals surface area contributed by atoms with Gasteiger partial charge >= 0.3 is 6.18 Å². The zero-order valence-corrected chi connectivity index (χ0v) is 22.7. The van der Waals surface area contributed by atoms with Crippen LogP contribution in [0.2, 0.25) is 10.0 Å². The van der Waals surface area contributed by atoms with E-state index >= 15 is 0 Å². The lowest BCUT2D eigenvalue weighted by atomic mass is 10.1. The maximum Gasteiger partial charge on any atom is 0.418 e. The number of para-hydroxylation sites is 1. The zero-order chi connectivity index (χ0) is 28.7. The second kappa shape index (κ2) is 13.1. The number of ether oxygens (including phenoxy) is 1. The quantitative estimate of drug-likeness (QED) is 0.213. The molecule has 0 aliphatic rings. The monoisotopic (exact) mass is 609 g/mol. The summed E-state index contributed by atoms with van der Waals surface area (Å²) in [5, 5.41) is 14.5. The molecular weight excluding hydrogens is 590 g/mol. The van der Waals surface area contributed by atoms with E-state index in [-0.39, 0.29) is 29.7 Å². The number of halogens is 5. The molecule has 0 unspecified atom stereocenters. The summed E-state index contributed by atoms with van der Waals surface area (Å²) in [6.07, 6.45) is -4.62. The van der Waals surface area contributed by atoms with Gasteiger partial charge in [0.2, 0.25) is 5.91 Å². The van der Waals surface area contributed by atoms with E-state index in [4.69, 9.17) is 27.9 Å². The molecule has 1 heterocycles. The third-order valence-corrected chi connectivity index (χ3v) is 6.65. The van der Waals surface area contributed by atoms with Crippen molar-refractivity contribution >= 4 is 52.5 Å². The van der Waals surface area contributed by atoms with Gasteiger partial charge in [0.15, 0.2) is 17.6 Å². The first-order valence-corrected chi connectivity index (χ1v) is 13.3. The fourth-order valence-electron chi connectivity index (χ4n) is 3.45. The van der Waals surface area contributed by atoms with Crippen molar-refractivity contribution in [2.45, 2.75) is 17.9 Å². The van der Waals surface area contributed by atoms with E-state index in [0.717, 1.165) is 17.8 Å². The third kappa shape index (κ3) is 7.90. The Morgan fingerprint density at radius 3 is 2.40 bits per heavy atom. The smallest absolute Gasteiger partial charge is 0.418 e. The Bertz CT molecular complexity index is 1500. The van der Waals surface area contributed by atoms with Crippen molar-refractivity contribution in [3.8, 4) is 11.4 Å². The average Bonchev–Trinajstić information content (AvgIpc) is 3.33. The molecule has 0 atom stereocenters. The SMILES string of the molecule is O=C(COc1ccc(Cl)cc1)NCc1nnc(SCC(=O)Nc2ccccc2C(F)(F)F)n1-c1cccc(Cl)c1. The van der Waals surface area contributed by atoms with Gasteiger partial charge in [0.05, 0.1) is 29.2 Å². The number of carbonyl (C=O) groups excluding carboxylic acids is 2. The number of nitrogens with zero attached hydrogens (tertiary/aromatic N) is 3. The predicted octanol–water partition coefficient (Wildman–Crippen LogP) is 6.02. The Kier molecular flexibility index (Phi) is 9.56. The molecule has 4 aromatic rings. The van der Waals surface area contributed by atoms with Gasteiger partial charge in [-0.3, -0.25) is 14.2 Å². The molecule has 0 saturated heterocycles. The minimum atomic E-state index is -4.62. The van der Waals surface area contributed by atoms with Crippen LogP contribution in [0, 0.1) is 0 Å². The van der Waals surface area contributed by atoms with Gasteiger partial charge in [-0.25, -0.2) is 0 Å². The number of nitrogens with one attached hydrogen (secondary N) is 2. The van der Waals surface area contributed by atoms with Gasteiger partial charge in [0.1, 0.15) is 5.75 Å². The van der Waals surface area contributed by atoms with Gasteiger partial charge in [-0.05, 0) is 54.6 Å². The lowest BCUT2D eigenvalue weighted by Crippen LogP contribution is -2.29. The fourth-order valence-corrected chi connectivity index (χ4v) is 4.53. The van der Waals surface area contributed by atoms with Crippen LogP contribution >= 0.6 is 35.0 Å². The molecular formula is C26H20Cl2F3N5O3S. The first-order valence-electron chi connectivity index (χ1n) is 11.5. The average molecular weight is 610 g/mol. The summed E-state index contributed by atoms with van der Waals surface area (Å²) in [5.74, 6) is -0.556. The van der Waals surface area contributed by atoms with Gasteiger partial charge in [-0.2, -0.15) is 13.2 Å². The molecule has 0 aliphatic carbocycles. The minimum Gasteiger partial charge on any atom is -0.484 e. The topological polar surface area (TPSA) is 98.1 Å². The number of thioether (sulfide) groups is 1. The summed E-state index contributed by atoms with van der Waals surface area (Å²) in [6, 6.07) is 18.0. The van der Waals surface area contributed by atoms with Gasteiger partial charge in [0.25, 0.3) is 5.91 Å². The van der Waals surface area contributed by atoms with Gasteiger partial charge < -0.3 is 15.4 Å². The highest BCUT2D eigenvalue weighted by molar-refractivity contribution is 7.99. The van der Waals surface area contributed by atoms with Crippen LogP contribution in [0.5, 0.6) is 5.75 Å². The molecule has 3 aromatic carbocycles. The van der Waals surface area contributed by atoms with Gasteiger partial charge in [0, 0.05) is 10.0 Å². The first kappa shape index (κ1) is 29.2. The molecule has 8 nitrogen and oxygen atoms in total. The molecule has 2 amide bonds. The van der Waals surface area contributed by atoms with Crippen molar-refractivity contribution in [2.75, 3.05) is 17.7 Å². The van der Waals surface area contributed by atoms with Crippen LogP contribution in [-0.2, 0) is 22.3 Å². The zero-order valence-electron chi connectivity index (χ0n) is 20.4. The molecule has 14 heteroatoms. The highest BCUT2D eigenvalue weighted by atomic mass is 35.5. The number of carbonyl (C=O) groups is 2. The summed E-state index contributed by atoms with van der Waals surface area (Å²) < 4.78 is 46.8. The van der Waals surface area contributed by atoms with Crippen molar-refractivity contribution in [3.05, 3.63) is 94.2 Å². The molecule has 0 aliphatic heterocycles. The first-order chi connectivity index (χ1) is 19.1. The normalized spacial score (nSPS) is 11.2. The summed E-state index contributed by atoms with van der Waals surface area (Å²) in [6.45, 7) is -0.290. The molecule has 208 valence electrons. The number of anilines is 1. The summed E-state index contributed by atoms with van der Waals surface area (Å²) in [4.78, 5) is 24.9. The van der Waals surface area contributed by atoms with Crippen molar-refractivity contribution in [3.63, 3.8) is 0 Å². The van der Waals surface area contributed by atoms with E-state index in [1.807, 2.05) is 0 Å². The second-order valence-corrected chi connectivity index (χ2v) is 9.93. The minimum absolute atomic E-state index is 0.0337. The van der Waals surface area contributed by atoms with Crippen molar-refractivity contribution < 1.29 is 27.5 Å². The lowest BCUT2D eigenvalue weighted by Gasteiger charge is -2.14. The maximum atomic E-state index is 13.3. The van der Waals surface area contributed by atoms with E-state index in [9.17, 15) is 22.8 Å². The Balaban J connectivity index is 1.44. The fraction of sp³-hybridized carbons (Fsp3) is 0.154. The number of alkyl halides is 3. The molecule has 4 rings (SSSR count). The number of benzene rings is 3. The standard InChI is InChI=1S/C26H20Cl2F3N5O3S/c27-16-8-10-19(11-9-16)39-14-23(37)32-13-22-34-35-25(36(22)18-5-3-4-17(28)12-18)40-15-24(38)33-21-7-2-1-6-20(21)26(29,30)31/h1-12H,13-15H2,(H,32,37)(H,33,38). The van der Waals surface area contributed by atoms with E-state index in [0.29, 0.717) is 27.3 Å². The Morgan fingerprint density at radius 2 is 1.68 bits per heavy atom. The number of hydrogen-bond acceptors (Lipinski definition) is 6. The molecule has 0 radical (unpaired) electrons. The van der Waals surface area contributed by atoms with Gasteiger partial charge in [-0.1, -0.05) is 53.2 Å². The van der Waals surface area contributed by atoms with E-state index in [1.54, 1.807) is 53.1 Å². The second-order valence-electron chi connectivity index (χ2n) is 8.11. The molecule has 0 saturated carbocycles. The number of hydrogen-bond donors (Lipinski definition) is 2. The van der Waals surface area contributed by atoms with Crippen LogP contribution in [-0.4, -0.2) is 38.9 Å². The van der Waals surface area contributed by atoms with Crippen LogP contribution in [0.4, 0.5) is 18.9 Å². The van der Waals surface area contributed by atoms with Crippen molar-refractivity contribution in [2.24, 2.45) is 0 Å². The van der Waals surface area contributed by atoms with Gasteiger partial charge in [-0.15, -0.1) is 10.2 Å². The largest absolute Gasteiger partial charge is 0.484 e.